The summed E-state index contributed by atoms with van der Waals surface area (Å²) in [6.07, 6.45) is 3.21. The number of aromatic nitrogens is 3. The monoisotopic (exact) mass is 303 g/mol. The van der Waals surface area contributed by atoms with Gasteiger partial charge in [0.05, 0.1) is 30.2 Å². The third-order valence-electron chi connectivity index (χ3n) is 3.01. The number of anilines is 1. The highest BCUT2D eigenvalue weighted by Crippen LogP contribution is 2.13. The van der Waals surface area contributed by atoms with Crippen LogP contribution in [0.2, 0.25) is 0 Å². The van der Waals surface area contributed by atoms with Crippen molar-refractivity contribution in [3.05, 3.63) is 36.7 Å². The fourth-order valence-corrected chi connectivity index (χ4v) is 2.02. The molecule has 1 heterocycles. The van der Waals surface area contributed by atoms with Gasteiger partial charge in [-0.05, 0) is 45.0 Å². The molecular weight excluding hydrogens is 282 g/mol. The van der Waals surface area contributed by atoms with Crippen LogP contribution in [0.5, 0.6) is 0 Å². The van der Waals surface area contributed by atoms with Crippen molar-refractivity contribution in [1.82, 2.24) is 19.9 Å². The van der Waals surface area contributed by atoms with E-state index < -0.39 is 5.60 Å². The minimum absolute atomic E-state index is 0.241. The molecule has 0 bridgehead atoms. The van der Waals surface area contributed by atoms with Crippen LogP contribution in [0.25, 0.3) is 5.69 Å². The number of nitrogens with one attached hydrogen (secondary N) is 1. The average Bonchev–Trinajstić information content (AvgIpc) is 2.98. The molecule has 0 saturated heterocycles. The number of nitrogens with zero attached hydrogens (tertiary/aromatic N) is 4. The first-order valence-electron chi connectivity index (χ1n) is 7.14. The van der Waals surface area contributed by atoms with Gasteiger partial charge in [0.25, 0.3) is 0 Å². The van der Waals surface area contributed by atoms with Gasteiger partial charge in [-0.25, -0.2) is 4.79 Å². The highest BCUT2D eigenvalue weighted by atomic mass is 16.3. The van der Waals surface area contributed by atoms with Crippen LogP contribution in [0.15, 0.2) is 36.7 Å². The number of aliphatic hydroxyl groups is 1. The van der Waals surface area contributed by atoms with Crippen molar-refractivity contribution in [2.75, 3.05) is 18.4 Å². The van der Waals surface area contributed by atoms with E-state index in [1.54, 1.807) is 43.3 Å². The van der Waals surface area contributed by atoms with Gasteiger partial charge in [0.2, 0.25) is 0 Å². The normalized spacial score (nSPS) is 11.3. The Balaban J connectivity index is 2.02. The van der Waals surface area contributed by atoms with Crippen molar-refractivity contribution >= 4 is 11.7 Å². The minimum atomic E-state index is -0.928. The molecule has 1 aromatic carbocycles. The van der Waals surface area contributed by atoms with Gasteiger partial charge in [0, 0.05) is 12.2 Å². The lowest BCUT2D eigenvalue weighted by atomic mass is 10.1. The number of rotatable bonds is 5. The minimum Gasteiger partial charge on any atom is -0.389 e. The maximum atomic E-state index is 12.2. The van der Waals surface area contributed by atoms with E-state index >= 15 is 0 Å². The zero-order chi connectivity index (χ0) is 16.2. The summed E-state index contributed by atoms with van der Waals surface area (Å²) >= 11 is 0. The Bertz CT molecular complexity index is 602. The van der Waals surface area contributed by atoms with Crippen LogP contribution >= 0.6 is 0 Å². The topological polar surface area (TPSA) is 83.3 Å². The van der Waals surface area contributed by atoms with Gasteiger partial charge in [-0.3, -0.25) is 0 Å². The van der Waals surface area contributed by atoms with Crippen molar-refractivity contribution in [1.29, 1.82) is 0 Å². The van der Waals surface area contributed by atoms with E-state index in [0.717, 1.165) is 5.69 Å². The Labute approximate surface area is 129 Å². The number of benzene rings is 1. The number of likely N-dealkylation sites (N-methyl/N-ethyl adjacent to an activating group) is 1. The molecule has 0 fully saturated rings. The predicted octanol–water partition coefficient (Wildman–Crippen LogP) is 1.89. The highest BCUT2D eigenvalue weighted by Gasteiger charge is 2.21. The lowest BCUT2D eigenvalue weighted by molar-refractivity contribution is 0.0501. The van der Waals surface area contributed by atoms with Gasteiger partial charge >= 0.3 is 6.03 Å². The zero-order valence-corrected chi connectivity index (χ0v) is 13.0. The first-order valence-corrected chi connectivity index (χ1v) is 7.14. The SMILES string of the molecule is CCN(CC(C)(C)O)C(=O)Nc1ccc(-n2nccn2)cc1. The first-order chi connectivity index (χ1) is 10.4. The average molecular weight is 303 g/mol. The molecule has 0 aliphatic rings. The van der Waals surface area contributed by atoms with Crippen molar-refractivity contribution in [3.63, 3.8) is 0 Å². The van der Waals surface area contributed by atoms with E-state index in [9.17, 15) is 9.90 Å². The molecule has 22 heavy (non-hydrogen) atoms. The van der Waals surface area contributed by atoms with E-state index in [4.69, 9.17) is 0 Å². The first kappa shape index (κ1) is 16.0. The summed E-state index contributed by atoms with van der Waals surface area (Å²) in [5, 5.41) is 20.7. The fourth-order valence-electron chi connectivity index (χ4n) is 2.02. The summed E-state index contributed by atoms with van der Waals surface area (Å²) in [4.78, 5) is 15.3. The summed E-state index contributed by atoms with van der Waals surface area (Å²) < 4.78 is 0. The molecule has 118 valence electrons. The molecule has 2 rings (SSSR count). The maximum Gasteiger partial charge on any atom is 0.321 e. The van der Waals surface area contributed by atoms with Gasteiger partial charge in [-0.2, -0.15) is 15.0 Å². The Hall–Kier alpha value is -2.41. The van der Waals surface area contributed by atoms with Crippen molar-refractivity contribution in [3.8, 4) is 5.69 Å². The number of amides is 2. The quantitative estimate of drug-likeness (QED) is 0.883. The number of hydrogen-bond acceptors (Lipinski definition) is 4. The molecule has 0 aliphatic carbocycles. The molecule has 0 saturated carbocycles. The smallest absolute Gasteiger partial charge is 0.321 e. The summed E-state index contributed by atoms with van der Waals surface area (Å²) in [5.74, 6) is 0. The maximum absolute atomic E-state index is 12.2. The number of urea groups is 1. The fraction of sp³-hybridized carbons (Fsp3) is 0.400. The van der Waals surface area contributed by atoms with Crippen LogP contribution in [0, 0.1) is 0 Å². The second kappa shape index (κ2) is 6.57. The summed E-state index contributed by atoms with van der Waals surface area (Å²) in [7, 11) is 0. The van der Waals surface area contributed by atoms with Crippen LogP contribution < -0.4 is 5.32 Å². The second-order valence-corrected chi connectivity index (χ2v) is 5.62. The van der Waals surface area contributed by atoms with Crippen LogP contribution in [-0.4, -0.2) is 49.7 Å². The summed E-state index contributed by atoms with van der Waals surface area (Å²) in [5.41, 5.74) is 0.560. The second-order valence-electron chi connectivity index (χ2n) is 5.62. The van der Waals surface area contributed by atoms with E-state index in [2.05, 4.69) is 15.5 Å². The summed E-state index contributed by atoms with van der Waals surface area (Å²) in [6.45, 7) is 6.01. The van der Waals surface area contributed by atoms with Crippen LogP contribution in [0.3, 0.4) is 0 Å². The van der Waals surface area contributed by atoms with E-state index in [1.165, 1.54) is 4.80 Å². The Morgan fingerprint density at radius 2 is 1.86 bits per heavy atom. The zero-order valence-electron chi connectivity index (χ0n) is 13.0. The van der Waals surface area contributed by atoms with Crippen molar-refractivity contribution in [2.45, 2.75) is 26.4 Å². The predicted molar refractivity (Wildman–Crippen MR) is 83.9 cm³/mol. The molecule has 7 heteroatoms. The lowest BCUT2D eigenvalue weighted by Gasteiger charge is -2.28. The standard InChI is InChI=1S/C15H21N5O2/c1-4-19(11-15(2,3)22)14(21)18-12-5-7-13(8-6-12)20-16-9-10-17-20/h5-10,22H,4,11H2,1-3H3,(H,18,21). The number of carbonyl (C=O) groups is 1. The van der Waals surface area contributed by atoms with Gasteiger partial charge in [0.1, 0.15) is 0 Å². The molecule has 0 unspecified atom stereocenters. The molecule has 0 atom stereocenters. The molecule has 2 N–H and O–H groups in total. The van der Waals surface area contributed by atoms with E-state index in [1.807, 2.05) is 19.1 Å². The molecule has 1 aromatic heterocycles. The van der Waals surface area contributed by atoms with Gasteiger partial charge in [0.15, 0.2) is 0 Å². The number of hydrogen-bond donors (Lipinski definition) is 2. The third-order valence-corrected chi connectivity index (χ3v) is 3.01. The molecule has 2 aromatic rings. The largest absolute Gasteiger partial charge is 0.389 e. The molecule has 0 radical (unpaired) electrons. The molecule has 0 aliphatic heterocycles. The summed E-state index contributed by atoms with van der Waals surface area (Å²) in [6, 6.07) is 6.97. The lowest BCUT2D eigenvalue weighted by Crippen LogP contribution is -2.44. The van der Waals surface area contributed by atoms with Crippen molar-refractivity contribution < 1.29 is 9.90 Å². The van der Waals surface area contributed by atoms with E-state index in [-0.39, 0.29) is 12.6 Å². The highest BCUT2D eigenvalue weighted by molar-refractivity contribution is 5.89. The Morgan fingerprint density at radius 3 is 2.36 bits per heavy atom. The Morgan fingerprint density at radius 1 is 1.27 bits per heavy atom. The molecule has 0 spiro atoms. The van der Waals surface area contributed by atoms with Crippen molar-refractivity contribution in [2.24, 2.45) is 0 Å². The number of carbonyl (C=O) groups excluding carboxylic acids is 1. The third kappa shape index (κ3) is 4.29. The van der Waals surface area contributed by atoms with Gasteiger partial charge in [-0.15, -0.1) is 0 Å². The van der Waals surface area contributed by atoms with E-state index in [0.29, 0.717) is 12.2 Å². The Kier molecular flexibility index (Phi) is 4.77. The van der Waals surface area contributed by atoms with Crippen LogP contribution in [-0.2, 0) is 0 Å². The van der Waals surface area contributed by atoms with Gasteiger partial charge in [-0.1, -0.05) is 0 Å². The molecule has 2 amide bonds. The van der Waals surface area contributed by atoms with Crippen LogP contribution in [0.1, 0.15) is 20.8 Å². The molecule has 7 nitrogen and oxygen atoms in total. The van der Waals surface area contributed by atoms with Crippen LogP contribution in [0.4, 0.5) is 10.5 Å². The molecular formula is C15H21N5O2. The van der Waals surface area contributed by atoms with Gasteiger partial charge < -0.3 is 15.3 Å².